The predicted molar refractivity (Wildman–Crippen MR) is 82.9 cm³/mol. The molecule has 0 spiro atoms. The van der Waals surface area contributed by atoms with Gasteiger partial charge in [-0.3, -0.25) is 4.90 Å². The molecule has 2 rings (SSSR count). The largest absolute Gasteiger partial charge is 0.315 e. The third-order valence-electron chi connectivity index (χ3n) is 5.87. The highest BCUT2D eigenvalue weighted by Crippen LogP contribution is 2.47. The molecule has 106 valence electrons. The van der Waals surface area contributed by atoms with E-state index in [1.54, 1.807) is 0 Å². The normalized spacial score (nSPS) is 35.8. The van der Waals surface area contributed by atoms with Crippen LogP contribution in [0.2, 0.25) is 11.6 Å². The van der Waals surface area contributed by atoms with Gasteiger partial charge in [-0.2, -0.15) is 0 Å². The summed E-state index contributed by atoms with van der Waals surface area (Å²) in [7, 11) is 1.61. The van der Waals surface area contributed by atoms with Gasteiger partial charge in [0.25, 0.3) is 0 Å². The molecule has 0 saturated carbocycles. The lowest BCUT2D eigenvalue weighted by atomic mass is 9.80. The van der Waals surface area contributed by atoms with Gasteiger partial charge < -0.3 is 5.32 Å². The van der Waals surface area contributed by atoms with E-state index in [1.807, 2.05) is 0 Å². The van der Waals surface area contributed by atoms with Gasteiger partial charge in [-0.25, -0.2) is 0 Å². The van der Waals surface area contributed by atoms with Crippen molar-refractivity contribution in [2.75, 3.05) is 13.6 Å². The Bertz CT molecular complexity index is 304. The first kappa shape index (κ1) is 14.5. The topological polar surface area (TPSA) is 15.3 Å². The molecule has 0 aromatic heterocycles. The van der Waals surface area contributed by atoms with Crippen LogP contribution in [0.3, 0.4) is 0 Å². The van der Waals surface area contributed by atoms with Crippen molar-refractivity contribution in [1.29, 1.82) is 0 Å². The number of likely N-dealkylation sites (tertiary alicyclic amines) is 1. The van der Waals surface area contributed by atoms with Crippen molar-refractivity contribution in [3.05, 3.63) is 0 Å². The van der Waals surface area contributed by atoms with E-state index in [1.165, 1.54) is 25.4 Å². The number of rotatable bonds is 1. The number of hydrogen-bond acceptors (Lipinski definition) is 2. The molecule has 0 amide bonds. The molecule has 2 heterocycles. The first-order valence-corrected chi connectivity index (χ1v) is 9.61. The van der Waals surface area contributed by atoms with E-state index < -0.39 is 8.80 Å². The number of piperidine rings is 1. The van der Waals surface area contributed by atoms with E-state index in [0.29, 0.717) is 16.2 Å². The summed E-state index contributed by atoms with van der Waals surface area (Å²) in [6.07, 6.45) is 2.80. The van der Waals surface area contributed by atoms with E-state index in [2.05, 4.69) is 58.8 Å². The Labute approximate surface area is 115 Å². The summed E-state index contributed by atoms with van der Waals surface area (Å²) in [5, 5.41) is 4.22. The molecule has 1 N–H and O–H groups in total. The summed E-state index contributed by atoms with van der Waals surface area (Å²) in [5.41, 5.74) is 1.71. The van der Waals surface area contributed by atoms with Crippen molar-refractivity contribution in [3.8, 4) is 0 Å². The molecule has 3 heteroatoms. The Morgan fingerprint density at radius 3 is 1.89 bits per heavy atom. The molecular formula is C15H32N2Si. The molecule has 2 aliphatic heterocycles. The summed E-state index contributed by atoms with van der Waals surface area (Å²) in [4.78, 5) is 2.61. The first-order chi connectivity index (χ1) is 8.06. The number of nitrogens with one attached hydrogen (secondary N) is 1. The van der Waals surface area contributed by atoms with Crippen molar-refractivity contribution >= 4 is 8.80 Å². The molecule has 0 aromatic carbocycles. The average molecular weight is 269 g/mol. The smallest absolute Gasteiger partial charge is 0.0643 e. The van der Waals surface area contributed by atoms with E-state index in [-0.39, 0.29) is 0 Å². The SMILES string of the molecule is CN1C(C)(C)CC([SiH]2CCNC2(C)C)CC1(C)C. The highest BCUT2D eigenvalue weighted by atomic mass is 28.3. The summed E-state index contributed by atoms with van der Waals surface area (Å²) in [5.74, 6) is 0. The van der Waals surface area contributed by atoms with Gasteiger partial charge in [0, 0.05) is 16.2 Å². The minimum Gasteiger partial charge on any atom is -0.315 e. The lowest BCUT2D eigenvalue weighted by Gasteiger charge is -2.55. The van der Waals surface area contributed by atoms with E-state index >= 15 is 0 Å². The fraction of sp³-hybridized carbons (Fsp3) is 1.00. The van der Waals surface area contributed by atoms with Gasteiger partial charge in [0.05, 0.1) is 8.80 Å². The van der Waals surface area contributed by atoms with Gasteiger partial charge in [-0.15, -0.1) is 0 Å². The molecule has 2 saturated heterocycles. The summed E-state index contributed by atoms with van der Waals surface area (Å²) < 4.78 is 0. The monoisotopic (exact) mass is 268 g/mol. The standard InChI is InChI=1S/C15H32N2Si/c1-13(2)10-12(11-14(3,4)17(13)7)18-9-8-16-15(18,5)6/h12,16,18H,8-11H2,1-7H3. The number of hydrogen-bond donors (Lipinski definition) is 1. The van der Waals surface area contributed by atoms with Crippen LogP contribution in [0.5, 0.6) is 0 Å². The second-order valence-corrected chi connectivity index (χ2v) is 12.6. The average Bonchev–Trinajstić information content (AvgIpc) is 2.53. The van der Waals surface area contributed by atoms with Crippen LogP contribution in [0.4, 0.5) is 0 Å². The molecule has 0 bridgehead atoms. The van der Waals surface area contributed by atoms with E-state index in [0.717, 1.165) is 5.54 Å². The van der Waals surface area contributed by atoms with Crippen molar-refractivity contribution < 1.29 is 0 Å². The maximum atomic E-state index is 3.76. The van der Waals surface area contributed by atoms with Crippen molar-refractivity contribution in [3.63, 3.8) is 0 Å². The second-order valence-electron chi connectivity index (χ2n) is 8.40. The van der Waals surface area contributed by atoms with Crippen LogP contribution in [-0.4, -0.2) is 43.5 Å². The lowest BCUT2D eigenvalue weighted by molar-refractivity contribution is -0.00282. The van der Waals surface area contributed by atoms with Crippen LogP contribution >= 0.6 is 0 Å². The van der Waals surface area contributed by atoms with Gasteiger partial charge in [0.1, 0.15) is 0 Å². The fourth-order valence-electron chi connectivity index (χ4n) is 4.60. The molecule has 2 fully saturated rings. The molecular weight excluding hydrogens is 236 g/mol. The zero-order valence-electron chi connectivity index (χ0n) is 13.4. The molecule has 0 aromatic rings. The van der Waals surface area contributed by atoms with Crippen LogP contribution in [0.25, 0.3) is 0 Å². The Morgan fingerprint density at radius 1 is 1.00 bits per heavy atom. The maximum absolute atomic E-state index is 3.76. The van der Waals surface area contributed by atoms with Gasteiger partial charge in [0.15, 0.2) is 0 Å². The first-order valence-electron chi connectivity index (χ1n) is 7.55. The van der Waals surface area contributed by atoms with Crippen LogP contribution < -0.4 is 5.32 Å². The van der Waals surface area contributed by atoms with Gasteiger partial charge in [0.2, 0.25) is 0 Å². The Hall–Kier alpha value is 0.137. The molecule has 2 nitrogen and oxygen atoms in total. The summed E-state index contributed by atoms with van der Waals surface area (Å²) >= 11 is 0. The minimum atomic E-state index is -0.701. The van der Waals surface area contributed by atoms with Crippen LogP contribution in [-0.2, 0) is 0 Å². The van der Waals surface area contributed by atoms with Crippen molar-refractivity contribution in [2.24, 2.45) is 0 Å². The lowest BCUT2D eigenvalue weighted by Crippen LogP contribution is -2.61. The van der Waals surface area contributed by atoms with Crippen molar-refractivity contribution in [1.82, 2.24) is 10.2 Å². The zero-order chi connectivity index (χ0) is 13.8. The Balaban J connectivity index is 2.21. The van der Waals surface area contributed by atoms with Crippen molar-refractivity contribution in [2.45, 2.75) is 82.2 Å². The third kappa shape index (κ3) is 2.41. The zero-order valence-corrected chi connectivity index (χ0v) is 14.6. The quantitative estimate of drug-likeness (QED) is 0.736. The van der Waals surface area contributed by atoms with Gasteiger partial charge in [-0.05, 0) is 65.7 Å². The van der Waals surface area contributed by atoms with Crippen LogP contribution in [0, 0.1) is 0 Å². The second kappa shape index (κ2) is 4.32. The molecule has 0 aliphatic carbocycles. The summed E-state index contributed by atoms with van der Waals surface area (Å²) in [6.45, 7) is 15.9. The molecule has 1 atom stereocenters. The van der Waals surface area contributed by atoms with E-state index in [4.69, 9.17) is 0 Å². The fourth-order valence-corrected chi connectivity index (χ4v) is 9.56. The van der Waals surface area contributed by atoms with Gasteiger partial charge in [-0.1, -0.05) is 13.8 Å². The molecule has 0 radical (unpaired) electrons. The minimum absolute atomic E-state index is 0.359. The highest BCUT2D eigenvalue weighted by Gasteiger charge is 2.49. The maximum Gasteiger partial charge on any atom is 0.0643 e. The van der Waals surface area contributed by atoms with Crippen LogP contribution in [0.1, 0.15) is 54.4 Å². The molecule has 18 heavy (non-hydrogen) atoms. The van der Waals surface area contributed by atoms with Gasteiger partial charge >= 0.3 is 0 Å². The Morgan fingerprint density at radius 2 is 1.50 bits per heavy atom. The third-order valence-corrected chi connectivity index (χ3v) is 10.4. The number of nitrogens with zero attached hydrogens (tertiary/aromatic N) is 1. The van der Waals surface area contributed by atoms with Crippen LogP contribution in [0.15, 0.2) is 0 Å². The predicted octanol–water partition coefficient (Wildman–Crippen LogP) is 2.79. The van der Waals surface area contributed by atoms with E-state index in [9.17, 15) is 0 Å². The Kier molecular flexibility index (Phi) is 3.49. The molecule has 2 aliphatic rings. The molecule has 1 unspecified atom stereocenters. The highest BCUT2D eigenvalue weighted by molar-refractivity contribution is 6.64. The summed E-state index contributed by atoms with van der Waals surface area (Å²) in [6, 6.07) is 1.49.